The van der Waals surface area contributed by atoms with E-state index in [0.29, 0.717) is 63.9 Å². The van der Waals surface area contributed by atoms with Crippen LogP contribution in [-0.2, 0) is 4.74 Å². The molecule has 216 valence electrons. The summed E-state index contributed by atoms with van der Waals surface area (Å²) in [6.45, 7) is 1.19. The number of rotatable bonds is 6. The Morgan fingerprint density at radius 1 is 1.00 bits per heavy atom. The number of pyridine rings is 1. The van der Waals surface area contributed by atoms with Crippen molar-refractivity contribution in [1.82, 2.24) is 14.5 Å². The lowest BCUT2D eigenvalue weighted by Crippen LogP contribution is -2.23. The van der Waals surface area contributed by atoms with E-state index >= 15 is 0 Å². The summed E-state index contributed by atoms with van der Waals surface area (Å²) in [4.78, 5) is 14.1. The van der Waals surface area contributed by atoms with Gasteiger partial charge in [0.05, 0.1) is 46.6 Å². The van der Waals surface area contributed by atoms with Crippen molar-refractivity contribution < 1.29 is 31.8 Å². The topological polar surface area (TPSA) is 82.8 Å². The Morgan fingerprint density at radius 2 is 1.79 bits per heavy atom. The number of methoxy groups -OCH3 is 1. The van der Waals surface area contributed by atoms with Crippen molar-refractivity contribution in [2.45, 2.75) is 25.2 Å². The van der Waals surface area contributed by atoms with E-state index in [1.807, 2.05) is 18.2 Å². The lowest BCUT2D eigenvalue weighted by Gasteiger charge is -2.22. The molecule has 2 aromatic carbocycles. The molecule has 1 N–H and O–H groups in total. The summed E-state index contributed by atoms with van der Waals surface area (Å²) in [5.74, 6) is -0.455. The van der Waals surface area contributed by atoms with Gasteiger partial charge in [-0.3, -0.25) is 4.99 Å². The summed E-state index contributed by atoms with van der Waals surface area (Å²) >= 11 is 0. The average Bonchev–Trinajstić information content (AvgIpc) is 2.97. The van der Waals surface area contributed by atoms with Crippen LogP contribution in [0.3, 0.4) is 0 Å². The molecule has 8 nitrogen and oxygen atoms in total. The van der Waals surface area contributed by atoms with Crippen LogP contribution in [0.15, 0.2) is 77.9 Å². The summed E-state index contributed by atoms with van der Waals surface area (Å²) in [6, 6.07) is 16.9. The molecule has 0 bridgehead atoms. The van der Waals surface area contributed by atoms with Crippen molar-refractivity contribution in [3.8, 4) is 28.7 Å². The van der Waals surface area contributed by atoms with E-state index in [0.717, 1.165) is 12.8 Å². The molecule has 3 aliphatic rings. The molecule has 1 fully saturated rings. The van der Waals surface area contributed by atoms with Gasteiger partial charge in [-0.1, -0.05) is 0 Å². The van der Waals surface area contributed by atoms with Crippen LogP contribution in [0, 0.1) is 5.82 Å². The molecule has 1 saturated heterocycles. The predicted octanol–water partition coefficient (Wildman–Crippen LogP) is 6.39. The third kappa shape index (κ3) is 5.84. The molecular weight excluding hydrogens is 554 g/mol. The Bertz CT molecular complexity index is 1770. The number of anilines is 2. The van der Waals surface area contributed by atoms with Crippen molar-refractivity contribution in [2.75, 3.05) is 25.6 Å². The van der Waals surface area contributed by atoms with E-state index in [2.05, 4.69) is 15.0 Å². The van der Waals surface area contributed by atoms with Crippen LogP contribution < -0.4 is 20.1 Å². The predicted molar refractivity (Wildman–Crippen MR) is 148 cm³/mol. The largest absolute Gasteiger partial charge is 0.573 e. The molecule has 0 radical (unpaired) electrons. The number of hydrogen-bond donors (Lipinski definition) is 1. The molecule has 6 rings (SSSR count). The van der Waals surface area contributed by atoms with Crippen LogP contribution in [-0.4, -0.2) is 47.3 Å². The van der Waals surface area contributed by atoms with Crippen LogP contribution in [0.2, 0.25) is 0 Å². The summed E-state index contributed by atoms with van der Waals surface area (Å²) in [5.41, 5.74) is 3.79. The van der Waals surface area contributed by atoms with E-state index in [1.165, 1.54) is 43.5 Å². The van der Waals surface area contributed by atoms with Gasteiger partial charge in [0.15, 0.2) is 0 Å². The molecule has 1 aromatic heterocycles. The van der Waals surface area contributed by atoms with Gasteiger partial charge in [-0.2, -0.15) is 0 Å². The first-order valence-electron chi connectivity index (χ1n) is 13.2. The second kappa shape index (κ2) is 11.3. The van der Waals surface area contributed by atoms with E-state index < -0.39 is 12.2 Å². The van der Waals surface area contributed by atoms with Crippen molar-refractivity contribution in [3.05, 3.63) is 84.1 Å². The maximum absolute atomic E-state index is 14.5. The van der Waals surface area contributed by atoms with Crippen LogP contribution in [0.4, 0.5) is 28.9 Å². The number of aromatic nitrogens is 3. The molecule has 0 atom stereocenters. The number of ether oxygens (including phenoxy) is 3. The highest BCUT2D eigenvalue weighted by molar-refractivity contribution is 5.84. The van der Waals surface area contributed by atoms with Gasteiger partial charge in [0, 0.05) is 31.2 Å². The Balaban J connectivity index is 1.58. The minimum atomic E-state index is -4.82. The van der Waals surface area contributed by atoms with E-state index in [1.54, 1.807) is 22.9 Å². The zero-order valence-electron chi connectivity index (χ0n) is 22.4. The highest BCUT2D eigenvalue weighted by Crippen LogP contribution is 2.33. The van der Waals surface area contributed by atoms with Crippen molar-refractivity contribution in [1.29, 1.82) is 0 Å². The third-order valence-corrected chi connectivity index (χ3v) is 6.83. The van der Waals surface area contributed by atoms with E-state index in [-0.39, 0.29) is 11.8 Å². The minimum absolute atomic E-state index is 0.00524. The molecule has 42 heavy (non-hydrogen) atoms. The fourth-order valence-electron chi connectivity index (χ4n) is 4.95. The van der Waals surface area contributed by atoms with E-state index in [4.69, 9.17) is 19.5 Å². The SMILES string of the molecule is COc1ncccc1Nc1cc2nc3ccc(F)cc3n(-c3ccc(OC(F)(F)F)cc3)c-2cc1=NC1CCOCC1. The van der Waals surface area contributed by atoms with Gasteiger partial charge in [0.2, 0.25) is 5.88 Å². The standard InChI is InChI=1S/C30H25F4N5O3/c1-40-29-23(3-2-12-35-29)38-24-16-26-28(17-25(24)36-19-10-13-41-14-11-19)39(27-15-18(31)4-9-22(27)37-26)20-5-7-21(8-6-20)42-30(32,33)34/h2-9,12,15-17,19,38H,10-11,13-14H2,1H3. The second-order valence-corrected chi connectivity index (χ2v) is 9.64. The van der Waals surface area contributed by atoms with Gasteiger partial charge in [0.1, 0.15) is 17.3 Å². The molecule has 3 heterocycles. The first-order chi connectivity index (χ1) is 20.3. The summed E-state index contributed by atoms with van der Waals surface area (Å²) in [7, 11) is 1.53. The van der Waals surface area contributed by atoms with Crippen LogP contribution in [0.25, 0.3) is 28.1 Å². The molecule has 0 amide bonds. The lowest BCUT2D eigenvalue weighted by molar-refractivity contribution is -0.274. The van der Waals surface area contributed by atoms with Gasteiger partial charge in [0.25, 0.3) is 0 Å². The lowest BCUT2D eigenvalue weighted by atomic mass is 10.1. The van der Waals surface area contributed by atoms with Gasteiger partial charge < -0.3 is 24.1 Å². The van der Waals surface area contributed by atoms with Gasteiger partial charge in [-0.25, -0.2) is 14.4 Å². The van der Waals surface area contributed by atoms with Gasteiger partial charge in [-0.05, 0) is 73.5 Å². The fraction of sp³-hybridized carbons (Fsp3) is 0.233. The number of halogens is 4. The Hall–Kier alpha value is -4.71. The Morgan fingerprint density at radius 3 is 2.52 bits per heavy atom. The number of nitrogens with zero attached hydrogens (tertiary/aromatic N) is 4. The molecule has 3 aromatic rings. The Labute approximate surface area is 237 Å². The summed E-state index contributed by atoms with van der Waals surface area (Å²) in [6.07, 6.45) is -1.71. The highest BCUT2D eigenvalue weighted by atomic mass is 19.4. The van der Waals surface area contributed by atoms with Crippen LogP contribution in [0.5, 0.6) is 11.6 Å². The number of nitrogens with one attached hydrogen (secondary N) is 1. The molecule has 1 aliphatic carbocycles. The van der Waals surface area contributed by atoms with Crippen molar-refractivity contribution >= 4 is 22.4 Å². The Kier molecular flexibility index (Phi) is 7.38. The highest BCUT2D eigenvalue weighted by Gasteiger charge is 2.31. The molecule has 0 unspecified atom stereocenters. The van der Waals surface area contributed by atoms with E-state index in [9.17, 15) is 17.6 Å². The van der Waals surface area contributed by atoms with Crippen LogP contribution in [0.1, 0.15) is 12.8 Å². The number of hydrogen-bond acceptors (Lipinski definition) is 7. The maximum atomic E-state index is 14.5. The average molecular weight is 580 g/mol. The molecule has 0 saturated carbocycles. The quantitative estimate of drug-likeness (QED) is 0.185. The summed E-state index contributed by atoms with van der Waals surface area (Å²) < 4.78 is 69.6. The van der Waals surface area contributed by atoms with Crippen molar-refractivity contribution in [3.63, 3.8) is 0 Å². The summed E-state index contributed by atoms with van der Waals surface area (Å²) in [5, 5.41) is 3.99. The smallest absolute Gasteiger partial charge is 0.480 e. The number of fused-ring (bicyclic) bond motifs is 2. The normalized spacial score (nSPS) is 14.8. The van der Waals surface area contributed by atoms with Gasteiger partial charge in [-0.15, -0.1) is 13.2 Å². The molecule has 2 aliphatic heterocycles. The second-order valence-electron chi connectivity index (χ2n) is 9.64. The molecule has 0 spiro atoms. The molecular formula is C30H25F4N5O3. The number of alkyl halides is 3. The number of benzene rings is 3. The zero-order chi connectivity index (χ0) is 29.3. The third-order valence-electron chi connectivity index (χ3n) is 6.83. The first-order valence-corrected chi connectivity index (χ1v) is 13.2. The zero-order valence-corrected chi connectivity index (χ0v) is 22.4. The van der Waals surface area contributed by atoms with Gasteiger partial charge >= 0.3 is 6.36 Å². The molecule has 12 heteroatoms. The monoisotopic (exact) mass is 579 g/mol. The first kappa shape index (κ1) is 27.5. The minimum Gasteiger partial charge on any atom is -0.480 e. The fourth-order valence-corrected chi connectivity index (χ4v) is 4.95. The van der Waals surface area contributed by atoms with Crippen LogP contribution >= 0.6 is 0 Å². The maximum Gasteiger partial charge on any atom is 0.573 e. The van der Waals surface area contributed by atoms with Crippen molar-refractivity contribution in [2.24, 2.45) is 4.99 Å².